The third-order valence-electron chi connectivity index (χ3n) is 5.89. The third-order valence-corrected chi connectivity index (χ3v) is 8.21. The van der Waals surface area contributed by atoms with Crippen LogP contribution < -0.4 is 0 Å². The van der Waals surface area contributed by atoms with Crippen molar-refractivity contribution in [2.75, 3.05) is 6.61 Å². The molecule has 4 aromatic rings. The van der Waals surface area contributed by atoms with Gasteiger partial charge in [-0.25, -0.2) is 4.98 Å². The number of amides is 1. The summed E-state index contributed by atoms with van der Waals surface area (Å²) in [4.78, 5) is 19.2. The van der Waals surface area contributed by atoms with Gasteiger partial charge in [0.2, 0.25) is 5.91 Å². The molecular formula is C22H20N4O4S2. The summed E-state index contributed by atoms with van der Waals surface area (Å²) in [6.07, 6.45) is 1.47. The van der Waals surface area contributed by atoms with E-state index in [1.807, 2.05) is 30.3 Å². The molecule has 1 aliphatic rings. The summed E-state index contributed by atoms with van der Waals surface area (Å²) in [5, 5.41) is 14.3. The van der Waals surface area contributed by atoms with Gasteiger partial charge in [0.15, 0.2) is 0 Å². The van der Waals surface area contributed by atoms with Gasteiger partial charge < -0.3 is 10.0 Å². The van der Waals surface area contributed by atoms with Gasteiger partial charge in [-0.15, -0.1) is 11.3 Å². The molecule has 0 unspecified atom stereocenters. The van der Waals surface area contributed by atoms with E-state index in [0.29, 0.717) is 11.3 Å². The molecule has 0 aliphatic carbocycles. The van der Waals surface area contributed by atoms with Gasteiger partial charge in [-0.05, 0) is 30.7 Å². The van der Waals surface area contributed by atoms with Crippen LogP contribution in [0.15, 0.2) is 65.1 Å². The van der Waals surface area contributed by atoms with Crippen LogP contribution in [-0.4, -0.2) is 45.1 Å². The molecule has 8 nitrogen and oxygen atoms in total. The molecule has 0 radical (unpaired) electrons. The molecule has 0 fully saturated rings. The van der Waals surface area contributed by atoms with E-state index >= 15 is 0 Å². The predicted molar refractivity (Wildman–Crippen MR) is 120 cm³/mol. The zero-order chi connectivity index (χ0) is 22.5. The maximum Gasteiger partial charge on any atom is 0.283 e. The Morgan fingerprint density at radius 2 is 1.97 bits per heavy atom. The van der Waals surface area contributed by atoms with E-state index < -0.39 is 15.4 Å². The molecule has 3 heterocycles. The Kier molecular flexibility index (Phi) is 4.88. The van der Waals surface area contributed by atoms with Crippen molar-refractivity contribution >= 4 is 37.5 Å². The fraction of sp³-hybridized carbons (Fsp3) is 0.227. The number of aliphatic hydroxyl groups excluding tert-OH is 1. The van der Waals surface area contributed by atoms with Crippen molar-refractivity contribution in [2.24, 2.45) is 0 Å². The molecule has 0 bridgehead atoms. The molecule has 1 amide bonds. The van der Waals surface area contributed by atoms with Gasteiger partial charge in [-0.1, -0.05) is 30.3 Å². The van der Waals surface area contributed by atoms with Gasteiger partial charge in [-0.3, -0.25) is 4.79 Å². The predicted octanol–water partition coefficient (Wildman–Crippen LogP) is 2.52. The number of nitrogens with zero attached hydrogens (tertiary/aromatic N) is 4. The lowest BCUT2D eigenvalue weighted by molar-refractivity contribution is -0.139. The number of benzene rings is 2. The van der Waals surface area contributed by atoms with E-state index in [-0.39, 0.29) is 30.5 Å². The van der Waals surface area contributed by atoms with Crippen LogP contribution >= 0.6 is 11.3 Å². The zero-order valence-electron chi connectivity index (χ0n) is 17.2. The molecule has 2 aromatic heterocycles. The minimum Gasteiger partial charge on any atom is -0.395 e. The molecular weight excluding hydrogens is 448 g/mol. The van der Waals surface area contributed by atoms with E-state index in [1.165, 1.54) is 23.6 Å². The summed E-state index contributed by atoms with van der Waals surface area (Å²) < 4.78 is 27.9. The molecule has 0 spiro atoms. The van der Waals surface area contributed by atoms with Gasteiger partial charge in [0.25, 0.3) is 10.0 Å². The van der Waals surface area contributed by atoms with Gasteiger partial charge in [-0.2, -0.15) is 17.6 Å². The Bertz CT molecular complexity index is 1410. The summed E-state index contributed by atoms with van der Waals surface area (Å²) in [6, 6.07) is 13.9. The first-order valence-electron chi connectivity index (χ1n) is 9.95. The molecule has 0 saturated heterocycles. The van der Waals surface area contributed by atoms with Gasteiger partial charge in [0.1, 0.15) is 0 Å². The number of aromatic nitrogens is 3. The molecule has 164 valence electrons. The summed E-state index contributed by atoms with van der Waals surface area (Å²) in [5.41, 5.74) is 3.27. The fourth-order valence-corrected chi connectivity index (χ4v) is 5.92. The molecule has 1 atom stereocenters. The Morgan fingerprint density at radius 3 is 2.69 bits per heavy atom. The number of aliphatic hydroxyl groups is 1. The van der Waals surface area contributed by atoms with Crippen molar-refractivity contribution in [3.8, 4) is 0 Å². The molecule has 5 rings (SSSR count). The quantitative estimate of drug-likeness (QED) is 0.483. The van der Waals surface area contributed by atoms with E-state index in [9.17, 15) is 18.3 Å². The van der Waals surface area contributed by atoms with E-state index in [2.05, 4.69) is 10.1 Å². The molecule has 1 N–H and O–H groups in total. The van der Waals surface area contributed by atoms with Crippen molar-refractivity contribution in [3.63, 3.8) is 0 Å². The van der Waals surface area contributed by atoms with Crippen LogP contribution in [0, 0.1) is 0 Å². The highest BCUT2D eigenvalue weighted by Crippen LogP contribution is 2.31. The Labute approximate surface area is 188 Å². The number of carbonyl (C=O) groups excluding carboxylic acids is 1. The lowest BCUT2D eigenvalue weighted by Gasteiger charge is -2.31. The topological polar surface area (TPSA) is 105 Å². The Balaban J connectivity index is 1.40. The van der Waals surface area contributed by atoms with Crippen LogP contribution in [0.3, 0.4) is 0 Å². The lowest BCUT2D eigenvalue weighted by Crippen LogP contribution is -2.45. The summed E-state index contributed by atoms with van der Waals surface area (Å²) in [7, 11) is -3.86. The number of rotatable bonds is 5. The van der Waals surface area contributed by atoms with E-state index in [4.69, 9.17) is 0 Å². The normalized spacial score (nSPS) is 15.6. The Hall–Kier alpha value is -3.08. The number of hydrogen-bond donors (Lipinski definition) is 1. The highest BCUT2D eigenvalue weighted by atomic mass is 32.2. The lowest BCUT2D eigenvalue weighted by atomic mass is 9.82. The fourth-order valence-electron chi connectivity index (χ4n) is 3.94. The van der Waals surface area contributed by atoms with Crippen LogP contribution in [-0.2, 0) is 33.3 Å². The summed E-state index contributed by atoms with van der Waals surface area (Å²) in [6.45, 7) is 1.80. The maximum atomic E-state index is 13.3. The number of carbonyl (C=O) groups is 1. The molecule has 10 heteroatoms. The van der Waals surface area contributed by atoms with Crippen LogP contribution in [0.4, 0.5) is 0 Å². The van der Waals surface area contributed by atoms with Crippen LogP contribution in [0.2, 0.25) is 0 Å². The van der Waals surface area contributed by atoms with Crippen molar-refractivity contribution in [1.82, 2.24) is 19.1 Å². The minimum atomic E-state index is -3.86. The number of thiazole rings is 1. The molecule has 0 saturated carbocycles. The van der Waals surface area contributed by atoms with Crippen molar-refractivity contribution in [2.45, 2.75) is 30.3 Å². The highest BCUT2D eigenvalue weighted by molar-refractivity contribution is 7.89. The van der Waals surface area contributed by atoms with Crippen LogP contribution in [0.25, 0.3) is 10.2 Å². The van der Waals surface area contributed by atoms with Crippen LogP contribution in [0.5, 0.6) is 0 Å². The second kappa shape index (κ2) is 7.51. The molecule has 2 aromatic carbocycles. The zero-order valence-corrected chi connectivity index (χ0v) is 18.8. The van der Waals surface area contributed by atoms with Crippen molar-refractivity contribution in [1.29, 1.82) is 0 Å². The first kappa shape index (κ1) is 20.8. The number of fused-ring (bicyclic) bond motifs is 2. The monoisotopic (exact) mass is 468 g/mol. The highest BCUT2D eigenvalue weighted by Gasteiger charge is 2.40. The smallest absolute Gasteiger partial charge is 0.283 e. The third kappa shape index (κ3) is 3.22. The molecule has 1 aliphatic heterocycles. The Morgan fingerprint density at radius 1 is 1.19 bits per heavy atom. The first-order valence-corrected chi connectivity index (χ1v) is 12.3. The van der Waals surface area contributed by atoms with Crippen molar-refractivity contribution in [3.05, 3.63) is 77.1 Å². The molecule has 32 heavy (non-hydrogen) atoms. The van der Waals surface area contributed by atoms with Crippen LogP contribution in [0.1, 0.15) is 23.7 Å². The summed E-state index contributed by atoms with van der Waals surface area (Å²) >= 11 is 1.37. The second-order valence-electron chi connectivity index (χ2n) is 7.98. The van der Waals surface area contributed by atoms with E-state index in [1.54, 1.807) is 29.5 Å². The first-order chi connectivity index (χ1) is 15.3. The summed E-state index contributed by atoms with van der Waals surface area (Å²) in [5.74, 6) is -0.228. The second-order valence-corrected chi connectivity index (χ2v) is 10.7. The maximum absolute atomic E-state index is 13.3. The average Bonchev–Trinajstić information content (AvgIpc) is 3.52. The minimum absolute atomic E-state index is 0.139. The average molecular weight is 469 g/mol. The standard InChI is InChI=1S/C22H20N4O4S2/c1-22(13-27,16-5-3-2-4-6-16)21(28)25-10-15-11-26(24-19(15)12-25)32(29,30)17-7-8-18-20(9-17)31-14-23-18/h2-9,11,14,27H,10,12-13H2,1H3/t22-/m1/s1. The van der Waals surface area contributed by atoms with Crippen molar-refractivity contribution < 1.29 is 18.3 Å². The largest absolute Gasteiger partial charge is 0.395 e. The van der Waals surface area contributed by atoms with Gasteiger partial charge >= 0.3 is 0 Å². The van der Waals surface area contributed by atoms with E-state index in [0.717, 1.165) is 19.9 Å². The van der Waals surface area contributed by atoms with Gasteiger partial charge in [0.05, 0.1) is 44.9 Å². The van der Waals surface area contributed by atoms with Gasteiger partial charge in [0, 0.05) is 18.3 Å². The number of hydrogen-bond acceptors (Lipinski definition) is 7. The SMILES string of the molecule is C[C@](CO)(C(=O)N1Cc2cn(S(=O)(=O)c3ccc4ncsc4c3)nc2C1)c1ccccc1.